The molecule has 2 saturated heterocycles. The predicted octanol–water partition coefficient (Wildman–Crippen LogP) is 2.21. The van der Waals surface area contributed by atoms with Gasteiger partial charge in [0.1, 0.15) is 5.60 Å². The molecule has 2 aliphatic carbocycles. The summed E-state index contributed by atoms with van der Waals surface area (Å²) in [6.07, 6.45) is 4.78. The lowest BCUT2D eigenvalue weighted by molar-refractivity contribution is -0.406. The van der Waals surface area contributed by atoms with Crippen molar-refractivity contribution in [1.29, 1.82) is 0 Å². The Balaban J connectivity index is 2.11. The van der Waals surface area contributed by atoms with Crippen molar-refractivity contribution < 1.29 is 14.9 Å². The standard InChI is InChI=1S/C14H24O3/c1-11(2)5-4-10(15)12(3)13(11)6-8-14(16,17-12)9-7-13/h10,15-16H,4-9H2,1-3H3/t10-,12-,13?,14?/m0/s1. The van der Waals surface area contributed by atoms with E-state index in [2.05, 4.69) is 13.8 Å². The normalized spacial score (nSPS) is 56.6. The maximum absolute atomic E-state index is 10.4. The Labute approximate surface area is 103 Å². The molecule has 0 radical (unpaired) electrons. The predicted molar refractivity (Wildman–Crippen MR) is 64.4 cm³/mol. The number of aliphatic hydroxyl groups excluding tert-OH is 1. The summed E-state index contributed by atoms with van der Waals surface area (Å²) in [6, 6.07) is 0. The lowest BCUT2D eigenvalue weighted by atomic mass is 9.44. The Hall–Kier alpha value is -0.120. The Morgan fingerprint density at radius 1 is 1.00 bits per heavy atom. The monoisotopic (exact) mass is 240 g/mol. The van der Waals surface area contributed by atoms with Crippen molar-refractivity contribution in [3.8, 4) is 0 Å². The highest BCUT2D eigenvalue weighted by atomic mass is 16.6. The molecule has 2 bridgehead atoms. The first-order valence-electron chi connectivity index (χ1n) is 6.85. The Morgan fingerprint density at radius 3 is 2.18 bits per heavy atom. The minimum absolute atomic E-state index is 0.0299. The van der Waals surface area contributed by atoms with Gasteiger partial charge < -0.3 is 14.9 Å². The van der Waals surface area contributed by atoms with Gasteiger partial charge in [-0.15, -0.1) is 0 Å². The summed E-state index contributed by atoms with van der Waals surface area (Å²) in [5.74, 6) is -0.981. The molecular weight excluding hydrogens is 216 g/mol. The second-order valence-electron chi connectivity index (χ2n) is 7.18. The molecule has 1 spiro atoms. The van der Waals surface area contributed by atoms with Gasteiger partial charge in [0.05, 0.1) is 6.10 Å². The minimum Gasteiger partial charge on any atom is -0.390 e. The van der Waals surface area contributed by atoms with Gasteiger partial charge in [-0.2, -0.15) is 0 Å². The van der Waals surface area contributed by atoms with Crippen LogP contribution in [0.15, 0.2) is 0 Å². The van der Waals surface area contributed by atoms with Crippen molar-refractivity contribution >= 4 is 0 Å². The van der Waals surface area contributed by atoms with Crippen LogP contribution in [-0.2, 0) is 4.74 Å². The molecule has 2 aliphatic heterocycles. The summed E-state index contributed by atoms with van der Waals surface area (Å²) in [5.41, 5.74) is -0.356. The van der Waals surface area contributed by atoms with Crippen molar-refractivity contribution in [3.05, 3.63) is 0 Å². The van der Waals surface area contributed by atoms with Crippen molar-refractivity contribution in [2.45, 2.75) is 76.8 Å². The first-order chi connectivity index (χ1) is 7.75. The van der Waals surface area contributed by atoms with E-state index < -0.39 is 17.5 Å². The van der Waals surface area contributed by atoms with E-state index in [1.54, 1.807) is 0 Å². The van der Waals surface area contributed by atoms with Crippen LogP contribution >= 0.6 is 0 Å². The molecule has 0 aromatic heterocycles. The molecule has 98 valence electrons. The summed E-state index contributed by atoms with van der Waals surface area (Å²) >= 11 is 0. The highest BCUT2D eigenvalue weighted by molar-refractivity contribution is 5.17. The molecule has 2 atom stereocenters. The summed E-state index contributed by atoms with van der Waals surface area (Å²) < 4.78 is 6.01. The molecule has 4 fully saturated rings. The van der Waals surface area contributed by atoms with Crippen LogP contribution in [0.5, 0.6) is 0 Å². The number of aliphatic hydroxyl groups is 2. The van der Waals surface area contributed by atoms with Crippen LogP contribution in [0, 0.1) is 10.8 Å². The topological polar surface area (TPSA) is 49.7 Å². The summed E-state index contributed by atoms with van der Waals surface area (Å²) in [7, 11) is 0. The molecule has 2 heterocycles. The molecule has 0 unspecified atom stereocenters. The lowest BCUT2D eigenvalue weighted by Crippen LogP contribution is -2.73. The van der Waals surface area contributed by atoms with Crippen LogP contribution in [0.3, 0.4) is 0 Å². The summed E-state index contributed by atoms with van der Waals surface area (Å²) in [4.78, 5) is 0. The average Bonchev–Trinajstić information content (AvgIpc) is 2.24. The van der Waals surface area contributed by atoms with E-state index in [0.29, 0.717) is 0 Å². The van der Waals surface area contributed by atoms with Gasteiger partial charge in [-0.25, -0.2) is 0 Å². The van der Waals surface area contributed by atoms with E-state index in [1.165, 1.54) is 0 Å². The average molecular weight is 240 g/mol. The third-order valence-electron chi connectivity index (χ3n) is 6.21. The highest BCUT2D eigenvalue weighted by Gasteiger charge is 2.70. The van der Waals surface area contributed by atoms with E-state index in [-0.39, 0.29) is 10.8 Å². The highest BCUT2D eigenvalue weighted by Crippen LogP contribution is 2.68. The Kier molecular flexibility index (Phi) is 2.15. The second-order valence-corrected chi connectivity index (χ2v) is 7.18. The quantitative estimate of drug-likeness (QED) is 0.682. The van der Waals surface area contributed by atoms with Crippen LogP contribution in [-0.4, -0.2) is 27.7 Å². The second kappa shape index (κ2) is 3.06. The summed E-state index contributed by atoms with van der Waals surface area (Å²) in [6.45, 7) is 6.62. The largest absolute Gasteiger partial charge is 0.390 e. The molecular formula is C14H24O3. The van der Waals surface area contributed by atoms with E-state index >= 15 is 0 Å². The smallest absolute Gasteiger partial charge is 0.166 e. The van der Waals surface area contributed by atoms with E-state index in [0.717, 1.165) is 38.5 Å². The fourth-order valence-electron chi connectivity index (χ4n) is 4.91. The van der Waals surface area contributed by atoms with Gasteiger partial charge in [0, 0.05) is 18.3 Å². The van der Waals surface area contributed by atoms with Gasteiger partial charge in [0.2, 0.25) is 0 Å². The maximum atomic E-state index is 10.4. The van der Waals surface area contributed by atoms with Gasteiger partial charge >= 0.3 is 0 Å². The maximum Gasteiger partial charge on any atom is 0.166 e. The van der Waals surface area contributed by atoms with Crippen LogP contribution in [0.1, 0.15) is 59.3 Å². The van der Waals surface area contributed by atoms with E-state index in [9.17, 15) is 10.2 Å². The molecule has 4 aliphatic rings. The van der Waals surface area contributed by atoms with Gasteiger partial charge in [-0.3, -0.25) is 0 Å². The Morgan fingerprint density at radius 2 is 1.59 bits per heavy atom. The van der Waals surface area contributed by atoms with Gasteiger partial charge in [-0.1, -0.05) is 13.8 Å². The van der Waals surface area contributed by atoms with Crippen molar-refractivity contribution in [1.82, 2.24) is 0 Å². The van der Waals surface area contributed by atoms with Gasteiger partial charge in [-0.05, 0) is 38.0 Å². The van der Waals surface area contributed by atoms with Gasteiger partial charge in [0.15, 0.2) is 5.79 Å². The van der Waals surface area contributed by atoms with Crippen LogP contribution in [0.2, 0.25) is 0 Å². The first kappa shape index (κ1) is 11.9. The number of rotatable bonds is 0. The number of hydrogen-bond donors (Lipinski definition) is 2. The molecule has 0 amide bonds. The lowest BCUT2D eigenvalue weighted by Gasteiger charge is -2.70. The first-order valence-corrected chi connectivity index (χ1v) is 6.85. The minimum atomic E-state index is -0.981. The zero-order valence-corrected chi connectivity index (χ0v) is 11.1. The van der Waals surface area contributed by atoms with Crippen LogP contribution < -0.4 is 0 Å². The zero-order chi connectivity index (χ0) is 12.5. The van der Waals surface area contributed by atoms with Crippen molar-refractivity contribution in [3.63, 3.8) is 0 Å². The van der Waals surface area contributed by atoms with Crippen molar-refractivity contribution in [2.75, 3.05) is 0 Å². The summed E-state index contributed by atoms with van der Waals surface area (Å²) in [5, 5.41) is 20.8. The Bertz CT molecular complexity index is 341. The molecule has 0 aromatic carbocycles. The molecule has 0 aromatic rings. The zero-order valence-electron chi connectivity index (χ0n) is 11.1. The van der Waals surface area contributed by atoms with E-state index in [1.807, 2.05) is 6.92 Å². The van der Waals surface area contributed by atoms with E-state index in [4.69, 9.17) is 4.74 Å². The fourth-order valence-corrected chi connectivity index (χ4v) is 4.91. The van der Waals surface area contributed by atoms with Crippen molar-refractivity contribution in [2.24, 2.45) is 10.8 Å². The molecule has 2 N–H and O–H groups in total. The fraction of sp³-hybridized carbons (Fsp3) is 1.00. The molecule has 3 nitrogen and oxygen atoms in total. The van der Waals surface area contributed by atoms with Crippen LogP contribution in [0.25, 0.3) is 0 Å². The third-order valence-corrected chi connectivity index (χ3v) is 6.21. The third kappa shape index (κ3) is 1.23. The molecule has 3 heteroatoms. The number of ether oxygens (including phenoxy) is 1. The number of hydrogen-bond acceptors (Lipinski definition) is 3. The SMILES string of the molecule is CC1(C)CC[C@H](O)[C@]2(C)OC3(O)CCC12CC3. The van der Waals surface area contributed by atoms with Crippen LogP contribution in [0.4, 0.5) is 0 Å². The molecule has 4 rings (SSSR count). The number of fused-ring (bicyclic) bond motifs is 2. The molecule has 17 heavy (non-hydrogen) atoms. The van der Waals surface area contributed by atoms with Gasteiger partial charge in [0.25, 0.3) is 0 Å². The molecule has 2 saturated carbocycles.